The fraction of sp³-hybridized carbons (Fsp3) is 0.933. The maximum atomic E-state index is 11.9. The number of nitrogens with one attached hydrogen (secondary N) is 1. The van der Waals surface area contributed by atoms with Gasteiger partial charge < -0.3 is 10.1 Å². The number of rotatable bonds is 7. The molecule has 1 fully saturated rings. The summed E-state index contributed by atoms with van der Waals surface area (Å²) >= 11 is 0. The Hall–Kier alpha value is -0.610. The first kappa shape index (κ1) is 16.4. The zero-order valence-corrected chi connectivity index (χ0v) is 13.0. The predicted octanol–water partition coefficient (Wildman–Crippen LogP) is 2.18. The van der Waals surface area contributed by atoms with Crippen LogP contribution in [0.25, 0.3) is 0 Å². The minimum absolute atomic E-state index is 0.110. The van der Waals surface area contributed by atoms with Gasteiger partial charge in [-0.25, -0.2) is 0 Å². The third kappa shape index (κ3) is 7.53. The smallest absolute Gasteiger partial charge is 0.320 e. The van der Waals surface area contributed by atoms with Gasteiger partial charge in [0.1, 0.15) is 5.60 Å². The fourth-order valence-electron chi connectivity index (χ4n) is 2.40. The molecule has 1 aliphatic rings. The van der Waals surface area contributed by atoms with Crippen molar-refractivity contribution in [3.63, 3.8) is 0 Å². The number of esters is 1. The van der Waals surface area contributed by atoms with Gasteiger partial charge in [0.15, 0.2) is 0 Å². The second-order valence-electron chi connectivity index (χ2n) is 6.47. The van der Waals surface area contributed by atoms with Gasteiger partial charge in [0.05, 0.1) is 6.54 Å². The van der Waals surface area contributed by atoms with Crippen molar-refractivity contribution in [1.82, 2.24) is 10.2 Å². The molecule has 1 atom stereocenters. The summed E-state index contributed by atoms with van der Waals surface area (Å²) in [6.07, 6.45) is 4.76. The lowest BCUT2D eigenvalue weighted by Gasteiger charge is -2.27. The van der Waals surface area contributed by atoms with Crippen molar-refractivity contribution in [2.75, 3.05) is 26.2 Å². The summed E-state index contributed by atoms with van der Waals surface area (Å²) < 4.78 is 5.41. The van der Waals surface area contributed by atoms with E-state index in [0.29, 0.717) is 12.6 Å². The Bertz CT molecular complexity index is 268. The highest BCUT2D eigenvalue weighted by molar-refractivity contribution is 5.72. The van der Waals surface area contributed by atoms with Crippen molar-refractivity contribution in [1.29, 1.82) is 0 Å². The molecule has 0 bridgehead atoms. The molecule has 0 saturated carbocycles. The summed E-state index contributed by atoms with van der Waals surface area (Å²) in [5.74, 6) is -0.110. The monoisotopic (exact) mass is 270 g/mol. The number of unbranched alkanes of at least 4 members (excludes halogenated alkanes) is 1. The molecule has 0 aromatic heterocycles. The summed E-state index contributed by atoms with van der Waals surface area (Å²) in [7, 11) is 0. The fourth-order valence-corrected chi connectivity index (χ4v) is 2.40. The Morgan fingerprint density at radius 1 is 1.42 bits per heavy atom. The molecule has 0 aromatic carbocycles. The molecule has 1 unspecified atom stereocenters. The highest BCUT2D eigenvalue weighted by Crippen LogP contribution is 2.10. The highest BCUT2D eigenvalue weighted by Gasteiger charge is 2.22. The van der Waals surface area contributed by atoms with Gasteiger partial charge in [-0.05, 0) is 53.1 Å². The van der Waals surface area contributed by atoms with E-state index in [1.54, 1.807) is 0 Å². The van der Waals surface area contributed by atoms with Crippen molar-refractivity contribution >= 4 is 5.97 Å². The quantitative estimate of drug-likeness (QED) is 0.720. The van der Waals surface area contributed by atoms with E-state index in [-0.39, 0.29) is 11.6 Å². The van der Waals surface area contributed by atoms with Crippen molar-refractivity contribution in [2.24, 2.45) is 0 Å². The largest absolute Gasteiger partial charge is 0.459 e. The van der Waals surface area contributed by atoms with E-state index in [1.165, 1.54) is 12.8 Å². The van der Waals surface area contributed by atoms with Crippen LogP contribution >= 0.6 is 0 Å². The van der Waals surface area contributed by atoms with E-state index in [2.05, 4.69) is 17.1 Å². The number of nitrogens with zero attached hydrogens (tertiary/aromatic N) is 1. The first-order valence-corrected chi connectivity index (χ1v) is 7.58. The van der Waals surface area contributed by atoms with E-state index >= 15 is 0 Å². The SMILES string of the molecule is CCCCN(CC(=O)OC(C)(C)C)CC1CCCN1. The Labute approximate surface area is 117 Å². The minimum atomic E-state index is -0.390. The molecular formula is C15H30N2O2. The van der Waals surface area contributed by atoms with E-state index < -0.39 is 0 Å². The van der Waals surface area contributed by atoms with Gasteiger partial charge >= 0.3 is 5.97 Å². The molecule has 0 aliphatic carbocycles. The molecule has 1 N–H and O–H groups in total. The number of carbonyl (C=O) groups excluding carboxylic acids is 1. The average Bonchev–Trinajstić information content (AvgIpc) is 2.75. The van der Waals surface area contributed by atoms with Crippen molar-refractivity contribution in [3.8, 4) is 0 Å². The normalized spacial score (nSPS) is 19.9. The van der Waals surface area contributed by atoms with Gasteiger partial charge in [-0.3, -0.25) is 9.69 Å². The summed E-state index contributed by atoms with van der Waals surface area (Å²) in [6, 6.07) is 0.541. The van der Waals surface area contributed by atoms with Crippen molar-refractivity contribution in [2.45, 2.75) is 65.0 Å². The molecule has 0 radical (unpaired) electrons. The van der Waals surface area contributed by atoms with Crippen LogP contribution in [0.3, 0.4) is 0 Å². The van der Waals surface area contributed by atoms with Crippen LogP contribution in [0.4, 0.5) is 0 Å². The molecule has 1 rings (SSSR count). The molecule has 0 spiro atoms. The van der Waals surface area contributed by atoms with E-state index in [9.17, 15) is 4.79 Å². The summed E-state index contributed by atoms with van der Waals surface area (Å²) in [4.78, 5) is 14.2. The Kier molecular flexibility index (Phi) is 6.80. The lowest BCUT2D eigenvalue weighted by molar-refractivity contribution is -0.156. The van der Waals surface area contributed by atoms with Crippen LogP contribution in [-0.4, -0.2) is 48.7 Å². The van der Waals surface area contributed by atoms with Crippen LogP contribution in [-0.2, 0) is 9.53 Å². The predicted molar refractivity (Wildman–Crippen MR) is 78.2 cm³/mol. The maximum absolute atomic E-state index is 11.9. The van der Waals surface area contributed by atoms with Gasteiger partial charge in [-0.15, -0.1) is 0 Å². The Balaban J connectivity index is 2.41. The number of ether oxygens (including phenoxy) is 1. The van der Waals surface area contributed by atoms with E-state index in [0.717, 1.165) is 32.5 Å². The van der Waals surface area contributed by atoms with Crippen LogP contribution in [0.2, 0.25) is 0 Å². The lowest BCUT2D eigenvalue weighted by Crippen LogP contribution is -2.42. The molecule has 4 heteroatoms. The third-order valence-electron chi connectivity index (χ3n) is 3.24. The van der Waals surface area contributed by atoms with Gasteiger partial charge in [-0.2, -0.15) is 0 Å². The average molecular weight is 270 g/mol. The minimum Gasteiger partial charge on any atom is -0.459 e. The second-order valence-corrected chi connectivity index (χ2v) is 6.47. The number of hydrogen-bond acceptors (Lipinski definition) is 4. The van der Waals surface area contributed by atoms with Gasteiger partial charge in [-0.1, -0.05) is 13.3 Å². The molecule has 1 saturated heterocycles. The summed E-state index contributed by atoms with van der Waals surface area (Å²) in [6.45, 7) is 11.4. The second kappa shape index (κ2) is 7.85. The standard InChI is InChI=1S/C15H30N2O2/c1-5-6-10-17(11-13-8-7-9-16-13)12-14(18)19-15(2,3)4/h13,16H,5-12H2,1-4H3. The van der Waals surface area contributed by atoms with Crippen LogP contribution in [0, 0.1) is 0 Å². The lowest BCUT2D eigenvalue weighted by atomic mass is 10.2. The zero-order chi connectivity index (χ0) is 14.3. The van der Waals surface area contributed by atoms with Crippen LogP contribution in [0.15, 0.2) is 0 Å². The molecule has 0 amide bonds. The first-order valence-electron chi connectivity index (χ1n) is 7.58. The van der Waals surface area contributed by atoms with Crippen LogP contribution in [0.1, 0.15) is 53.4 Å². The molecule has 1 aliphatic heterocycles. The van der Waals surface area contributed by atoms with Crippen LogP contribution < -0.4 is 5.32 Å². The molecule has 112 valence electrons. The molecule has 19 heavy (non-hydrogen) atoms. The number of hydrogen-bond donors (Lipinski definition) is 1. The maximum Gasteiger partial charge on any atom is 0.320 e. The molecule has 1 heterocycles. The van der Waals surface area contributed by atoms with Gasteiger partial charge in [0, 0.05) is 12.6 Å². The highest BCUT2D eigenvalue weighted by atomic mass is 16.6. The molecule has 0 aromatic rings. The number of carbonyl (C=O) groups is 1. The van der Waals surface area contributed by atoms with Gasteiger partial charge in [0.2, 0.25) is 0 Å². The van der Waals surface area contributed by atoms with Crippen molar-refractivity contribution in [3.05, 3.63) is 0 Å². The van der Waals surface area contributed by atoms with E-state index in [4.69, 9.17) is 4.74 Å². The first-order chi connectivity index (χ1) is 8.90. The van der Waals surface area contributed by atoms with Crippen LogP contribution in [0.5, 0.6) is 0 Å². The third-order valence-corrected chi connectivity index (χ3v) is 3.24. The Morgan fingerprint density at radius 2 is 2.16 bits per heavy atom. The zero-order valence-electron chi connectivity index (χ0n) is 13.0. The Morgan fingerprint density at radius 3 is 2.68 bits per heavy atom. The topological polar surface area (TPSA) is 41.6 Å². The molecular weight excluding hydrogens is 240 g/mol. The van der Waals surface area contributed by atoms with E-state index in [1.807, 2.05) is 20.8 Å². The summed E-state index contributed by atoms with van der Waals surface area (Å²) in [5, 5.41) is 3.49. The van der Waals surface area contributed by atoms with Crippen molar-refractivity contribution < 1.29 is 9.53 Å². The molecule has 4 nitrogen and oxygen atoms in total. The van der Waals surface area contributed by atoms with Gasteiger partial charge in [0.25, 0.3) is 0 Å². The summed E-state index contributed by atoms with van der Waals surface area (Å²) in [5.41, 5.74) is -0.390.